The molecule has 0 saturated heterocycles. The molecule has 2 heteroatoms. The smallest absolute Gasteiger partial charge is 0.234 e. The molecule has 0 atom stereocenters. The number of imidazole rings is 1. The number of para-hydroxylation sites is 1. The standard InChI is InChI=1S/C18H27N2/c1-3-5-8-13-18-19(14-6-4-2)15-16-20(18)17-11-9-7-10-12-17/h7,9-12,15-16H,3-6,8,13-14H2,1-2H3/q+1. The Balaban J connectivity index is 2.23. The van der Waals surface area contributed by atoms with Crippen LogP contribution in [-0.4, -0.2) is 4.57 Å². The van der Waals surface area contributed by atoms with E-state index in [1.165, 1.54) is 50.0 Å². The molecule has 0 fully saturated rings. The van der Waals surface area contributed by atoms with Crippen molar-refractivity contribution in [1.29, 1.82) is 0 Å². The zero-order chi connectivity index (χ0) is 14.2. The minimum atomic E-state index is 1.14. The van der Waals surface area contributed by atoms with Crippen molar-refractivity contribution in [2.24, 2.45) is 0 Å². The van der Waals surface area contributed by atoms with Gasteiger partial charge < -0.3 is 0 Å². The van der Waals surface area contributed by atoms with E-state index in [1.807, 2.05) is 0 Å². The maximum absolute atomic E-state index is 2.44. The number of hydrogen-bond donors (Lipinski definition) is 0. The lowest BCUT2D eigenvalue weighted by molar-refractivity contribution is -0.703. The molecule has 108 valence electrons. The van der Waals surface area contributed by atoms with E-state index in [0.29, 0.717) is 0 Å². The van der Waals surface area contributed by atoms with E-state index < -0.39 is 0 Å². The molecule has 1 aromatic heterocycles. The van der Waals surface area contributed by atoms with Gasteiger partial charge in [0, 0.05) is 6.42 Å². The van der Waals surface area contributed by atoms with Crippen molar-refractivity contribution < 1.29 is 4.57 Å². The molecule has 0 radical (unpaired) electrons. The molecule has 1 heterocycles. The first-order valence-electron chi connectivity index (χ1n) is 8.02. The van der Waals surface area contributed by atoms with Crippen LogP contribution in [-0.2, 0) is 13.0 Å². The predicted octanol–water partition coefficient (Wildman–Crippen LogP) is 4.30. The second-order valence-corrected chi connectivity index (χ2v) is 5.42. The highest BCUT2D eigenvalue weighted by Crippen LogP contribution is 2.12. The van der Waals surface area contributed by atoms with Crippen LogP contribution in [0.4, 0.5) is 0 Å². The summed E-state index contributed by atoms with van der Waals surface area (Å²) < 4.78 is 4.79. The molecule has 0 bridgehead atoms. The lowest BCUT2D eigenvalue weighted by Crippen LogP contribution is -2.37. The summed E-state index contributed by atoms with van der Waals surface area (Å²) in [5.41, 5.74) is 1.27. The normalized spacial score (nSPS) is 10.9. The van der Waals surface area contributed by atoms with E-state index >= 15 is 0 Å². The third-order valence-electron chi connectivity index (χ3n) is 3.80. The summed E-state index contributed by atoms with van der Waals surface area (Å²) >= 11 is 0. The lowest BCUT2D eigenvalue weighted by atomic mass is 10.2. The minimum absolute atomic E-state index is 1.14. The first-order valence-corrected chi connectivity index (χ1v) is 8.02. The van der Waals surface area contributed by atoms with E-state index in [2.05, 4.69) is 65.7 Å². The van der Waals surface area contributed by atoms with Crippen LogP contribution in [0.3, 0.4) is 0 Å². The van der Waals surface area contributed by atoms with Crippen molar-refractivity contribution in [2.45, 2.75) is 58.9 Å². The molecule has 2 rings (SSSR count). The fourth-order valence-electron chi connectivity index (χ4n) is 2.61. The van der Waals surface area contributed by atoms with Gasteiger partial charge in [0.15, 0.2) is 0 Å². The van der Waals surface area contributed by atoms with Crippen LogP contribution in [0, 0.1) is 0 Å². The minimum Gasteiger partial charge on any atom is -0.234 e. The molecule has 20 heavy (non-hydrogen) atoms. The summed E-state index contributed by atoms with van der Waals surface area (Å²) in [4.78, 5) is 0. The number of aryl methyl sites for hydroxylation is 1. The Morgan fingerprint density at radius 2 is 1.70 bits per heavy atom. The van der Waals surface area contributed by atoms with Gasteiger partial charge in [-0.25, -0.2) is 4.57 Å². The van der Waals surface area contributed by atoms with Gasteiger partial charge in [0.05, 0.1) is 6.54 Å². The van der Waals surface area contributed by atoms with Gasteiger partial charge in [-0.05, 0) is 25.0 Å². The van der Waals surface area contributed by atoms with Crippen molar-refractivity contribution in [2.75, 3.05) is 0 Å². The largest absolute Gasteiger partial charge is 0.261 e. The van der Waals surface area contributed by atoms with E-state index in [9.17, 15) is 0 Å². The van der Waals surface area contributed by atoms with Crippen LogP contribution >= 0.6 is 0 Å². The Labute approximate surface area is 123 Å². The van der Waals surface area contributed by atoms with Crippen molar-refractivity contribution in [3.8, 4) is 5.69 Å². The highest BCUT2D eigenvalue weighted by Gasteiger charge is 2.17. The fraction of sp³-hybridized carbons (Fsp3) is 0.500. The molecule has 0 aliphatic carbocycles. The summed E-state index contributed by atoms with van der Waals surface area (Å²) in [6.07, 6.45) is 12.0. The molecular weight excluding hydrogens is 244 g/mol. The Bertz CT molecular complexity index is 499. The molecule has 0 spiro atoms. The number of hydrogen-bond acceptors (Lipinski definition) is 0. The molecule has 0 N–H and O–H groups in total. The topological polar surface area (TPSA) is 8.81 Å². The predicted molar refractivity (Wildman–Crippen MR) is 84.1 cm³/mol. The first-order chi connectivity index (χ1) is 9.86. The third-order valence-corrected chi connectivity index (χ3v) is 3.80. The second kappa shape index (κ2) is 7.88. The third kappa shape index (κ3) is 3.72. The van der Waals surface area contributed by atoms with Crippen molar-refractivity contribution in [3.05, 3.63) is 48.5 Å². The molecule has 1 aromatic carbocycles. The number of nitrogens with zero attached hydrogens (tertiary/aromatic N) is 2. The number of aromatic nitrogens is 2. The van der Waals surface area contributed by atoms with Crippen LogP contribution in [0.25, 0.3) is 5.69 Å². The van der Waals surface area contributed by atoms with Gasteiger partial charge in [0.25, 0.3) is 5.82 Å². The van der Waals surface area contributed by atoms with E-state index in [-0.39, 0.29) is 0 Å². The van der Waals surface area contributed by atoms with Gasteiger partial charge >= 0.3 is 0 Å². The van der Waals surface area contributed by atoms with Gasteiger partial charge in [0.1, 0.15) is 18.1 Å². The average molecular weight is 271 g/mol. The van der Waals surface area contributed by atoms with Gasteiger partial charge in [-0.2, -0.15) is 4.57 Å². The van der Waals surface area contributed by atoms with E-state index in [1.54, 1.807) is 0 Å². The van der Waals surface area contributed by atoms with Gasteiger partial charge in [-0.3, -0.25) is 0 Å². The fourth-order valence-corrected chi connectivity index (χ4v) is 2.61. The lowest BCUT2D eigenvalue weighted by Gasteiger charge is -2.05. The number of rotatable bonds is 8. The Kier molecular flexibility index (Phi) is 5.85. The summed E-state index contributed by atoms with van der Waals surface area (Å²) in [7, 11) is 0. The molecule has 0 amide bonds. The zero-order valence-corrected chi connectivity index (χ0v) is 12.9. The van der Waals surface area contributed by atoms with Gasteiger partial charge in [-0.15, -0.1) is 0 Å². The molecule has 0 unspecified atom stereocenters. The highest BCUT2D eigenvalue weighted by atomic mass is 15.1. The Morgan fingerprint density at radius 3 is 2.40 bits per heavy atom. The van der Waals surface area contributed by atoms with Gasteiger partial charge in [0.2, 0.25) is 0 Å². The van der Waals surface area contributed by atoms with Crippen LogP contribution < -0.4 is 4.57 Å². The SMILES string of the molecule is CCCCCc1n(-c2ccccc2)cc[n+]1CCCC. The van der Waals surface area contributed by atoms with E-state index in [4.69, 9.17) is 0 Å². The summed E-state index contributed by atoms with van der Waals surface area (Å²) in [6.45, 7) is 5.66. The summed E-state index contributed by atoms with van der Waals surface area (Å²) in [6, 6.07) is 10.7. The first kappa shape index (κ1) is 14.8. The number of unbranched alkanes of at least 4 members (excludes halogenated alkanes) is 3. The molecule has 0 aliphatic heterocycles. The van der Waals surface area contributed by atoms with Crippen LogP contribution in [0.1, 0.15) is 51.8 Å². The monoisotopic (exact) mass is 271 g/mol. The maximum atomic E-state index is 2.44. The maximum Gasteiger partial charge on any atom is 0.261 e. The molecule has 0 aliphatic rings. The van der Waals surface area contributed by atoms with Gasteiger partial charge in [-0.1, -0.05) is 51.3 Å². The molecule has 2 nitrogen and oxygen atoms in total. The van der Waals surface area contributed by atoms with Crippen LogP contribution in [0.2, 0.25) is 0 Å². The zero-order valence-electron chi connectivity index (χ0n) is 12.9. The number of benzene rings is 1. The highest BCUT2D eigenvalue weighted by molar-refractivity contribution is 5.31. The van der Waals surface area contributed by atoms with Crippen molar-refractivity contribution in [3.63, 3.8) is 0 Å². The van der Waals surface area contributed by atoms with Crippen molar-refractivity contribution in [1.82, 2.24) is 4.57 Å². The van der Waals surface area contributed by atoms with Crippen molar-refractivity contribution >= 4 is 0 Å². The van der Waals surface area contributed by atoms with Crippen LogP contribution in [0.15, 0.2) is 42.7 Å². The average Bonchev–Trinajstić information content (AvgIpc) is 2.89. The summed E-state index contributed by atoms with van der Waals surface area (Å²) in [5, 5.41) is 0. The molecule has 2 aromatic rings. The quantitative estimate of drug-likeness (QED) is 0.500. The Hall–Kier alpha value is -1.57. The Morgan fingerprint density at radius 1 is 0.950 bits per heavy atom. The summed E-state index contributed by atoms with van der Waals surface area (Å²) in [5.74, 6) is 1.44. The second-order valence-electron chi connectivity index (χ2n) is 5.42. The molecular formula is C18H27N2+. The molecule has 0 saturated carbocycles. The van der Waals surface area contributed by atoms with Crippen LogP contribution in [0.5, 0.6) is 0 Å². The van der Waals surface area contributed by atoms with E-state index in [0.717, 1.165) is 6.54 Å².